The number of aromatic nitrogens is 1. The molecule has 32 heavy (non-hydrogen) atoms. The molecule has 1 aromatic carbocycles. The van der Waals surface area contributed by atoms with Gasteiger partial charge in [-0.25, -0.2) is 9.37 Å². The van der Waals surface area contributed by atoms with Crippen molar-refractivity contribution in [2.24, 2.45) is 0 Å². The monoisotopic (exact) mass is 445 g/mol. The largest absolute Gasteiger partial charge is 0.490 e. The summed E-state index contributed by atoms with van der Waals surface area (Å²) in [7, 11) is 0. The van der Waals surface area contributed by atoms with E-state index in [9.17, 15) is 9.50 Å². The molecule has 0 unspecified atom stereocenters. The van der Waals surface area contributed by atoms with Crippen molar-refractivity contribution in [2.45, 2.75) is 56.3 Å². The minimum absolute atomic E-state index is 0.0867. The van der Waals surface area contributed by atoms with Gasteiger partial charge in [-0.3, -0.25) is 4.90 Å². The number of hydrogen-bond acceptors (Lipinski definition) is 7. The molecular weight excluding hydrogens is 413 g/mol. The lowest BCUT2D eigenvalue weighted by Crippen LogP contribution is -2.62. The van der Waals surface area contributed by atoms with Crippen LogP contribution in [0.25, 0.3) is 0 Å². The van der Waals surface area contributed by atoms with Gasteiger partial charge in [0.15, 0.2) is 0 Å². The van der Waals surface area contributed by atoms with E-state index in [0.29, 0.717) is 17.8 Å². The molecule has 3 saturated heterocycles. The van der Waals surface area contributed by atoms with Crippen LogP contribution in [0.1, 0.15) is 44.6 Å². The van der Waals surface area contributed by atoms with E-state index in [1.807, 2.05) is 0 Å². The average Bonchev–Trinajstić information content (AvgIpc) is 3.41. The number of nitrogens with zero attached hydrogens (tertiary/aromatic N) is 3. The van der Waals surface area contributed by atoms with Gasteiger partial charge in [0.1, 0.15) is 30.0 Å². The predicted molar refractivity (Wildman–Crippen MR) is 118 cm³/mol. The molecule has 0 aliphatic carbocycles. The Morgan fingerprint density at radius 2 is 2.06 bits per heavy atom. The van der Waals surface area contributed by atoms with Gasteiger partial charge in [0.25, 0.3) is 6.01 Å². The first-order valence-corrected chi connectivity index (χ1v) is 11.5. The van der Waals surface area contributed by atoms with Gasteiger partial charge in [-0.2, -0.15) is 0 Å². The number of rotatable bonds is 6. The number of aliphatic hydroxyl groups is 1. The summed E-state index contributed by atoms with van der Waals surface area (Å²) in [6.07, 6.45) is 6.20. The van der Waals surface area contributed by atoms with E-state index >= 15 is 0 Å². The summed E-state index contributed by atoms with van der Waals surface area (Å²) in [5, 5.41) is 10.00. The van der Waals surface area contributed by atoms with Gasteiger partial charge in [0.05, 0.1) is 31.5 Å². The van der Waals surface area contributed by atoms with Gasteiger partial charge in [-0.05, 0) is 70.3 Å². The SMILES string of the molecule is CC(C)(O)COc1ccc(F)cc1C1CCN([C@@H]2COC3(C2)CN(c2ncco2)C3)CC1. The predicted octanol–water partition coefficient (Wildman–Crippen LogP) is 3.19. The molecule has 1 spiro atoms. The standard InChI is InChI=1S/C24H32FN3O4/c1-23(2,29)16-31-21-4-3-18(25)11-20(21)17-5-8-27(9-6-17)19-12-24(32-13-19)14-28(15-24)22-26-7-10-30-22/h3-4,7,10-11,17,19,29H,5-6,8-9,12-16H2,1-2H3/t19-/m0/s1. The van der Waals surface area contributed by atoms with Crippen LogP contribution in [0, 0.1) is 5.82 Å². The summed E-state index contributed by atoms with van der Waals surface area (Å²) in [5.41, 5.74) is -0.109. The van der Waals surface area contributed by atoms with Crippen molar-refractivity contribution in [3.05, 3.63) is 42.0 Å². The van der Waals surface area contributed by atoms with Crippen molar-refractivity contribution in [3.8, 4) is 5.75 Å². The molecule has 8 heteroatoms. The van der Waals surface area contributed by atoms with Gasteiger partial charge < -0.3 is 23.9 Å². The van der Waals surface area contributed by atoms with E-state index in [0.717, 1.165) is 57.6 Å². The highest BCUT2D eigenvalue weighted by molar-refractivity contribution is 5.38. The lowest BCUT2D eigenvalue weighted by atomic mass is 9.86. The Hall–Kier alpha value is -2.16. The van der Waals surface area contributed by atoms with E-state index in [1.54, 1.807) is 38.4 Å². The van der Waals surface area contributed by atoms with Crippen LogP contribution in [0.2, 0.25) is 0 Å². The van der Waals surface area contributed by atoms with E-state index in [4.69, 9.17) is 13.9 Å². The van der Waals surface area contributed by atoms with E-state index < -0.39 is 5.60 Å². The fourth-order valence-corrected chi connectivity index (χ4v) is 5.23. The normalized spacial score (nSPS) is 24.1. The third-order valence-electron chi connectivity index (χ3n) is 6.88. The van der Waals surface area contributed by atoms with Crippen LogP contribution in [0.5, 0.6) is 5.75 Å². The molecule has 0 radical (unpaired) electrons. The van der Waals surface area contributed by atoms with Gasteiger partial charge in [-0.1, -0.05) is 0 Å². The number of likely N-dealkylation sites (tertiary alicyclic amines) is 1. The van der Waals surface area contributed by atoms with Crippen molar-refractivity contribution in [3.63, 3.8) is 0 Å². The zero-order chi connectivity index (χ0) is 22.3. The minimum Gasteiger partial charge on any atom is -0.490 e. The summed E-state index contributed by atoms with van der Waals surface area (Å²) in [4.78, 5) is 8.86. The maximum absolute atomic E-state index is 14.0. The maximum Gasteiger partial charge on any atom is 0.297 e. The molecule has 1 N–H and O–H groups in total. The lowest BCUT2D eigenvalue weighted by molar-refractivity contribution is -0.0215. The second-order valence-electron chi connectivity index (χ2n) is 10.1. The number of benzene rings is 1. The smallest absolute Gasteiger partial charge is 0.297 e. The third-order valence-corrected chi connectivity index (χ3v) is 6.88. The number of halogens is 1. The maximum atomic E-state index is 14.0. The lowest BCUT2D eigenvalue weighted by Gasteiger charge is -2.46. The van der Waals surface area contributed by atoms with E-state index in [-0.39, 0.29) is 23.9 Å². The number of anilines is 1. The van der Waals surface area contributed by atoms with Crippen LogP contribution in [-0.4, -0.2) is 71.6 Å². The molecular formula is C24H32FN3O4. The summed E-state index contributed by atoms with van der Waals surface area (Å²) in [5.74, 6) is 0.681. The average molecular weight is 446 g/mol. The number of ether oxygens (including phenoxy) is 2. The highest BCUT2D eigenvalue weighted by Crippen LogP contribution is 2.41. The molecule has 5 rings (SSSR count). The Morgan fingerprint density at radius 1 is 1.28 bits per heavy atom. The molecule has 0 amide bonds. The Bertz CT molecular complexity index is 916. The van der Waals surface area contributed by atoms with E-state index in [2.05, 4.69) is 14.8 Å². The van der Waals surface area contributed by atoms with Crippen LogP contribution in [0.15, 0.2) is 35.1 Å². The Balaban J connectivity index is 1.16. The second kappa shape index (κ2) is 8.32. The zero-order valence-electron chi connectivity index (χ0n) is 18.8. The molecule has 7 nitrogen and oxygen atoms in total. The van der Waals surface area contributed by atoms with Gasteiger partial charge >= 0.3 is 0 Å². The van der Waals surface area contributed by atoms with Crippen LogP contribution in [-0.2, 0) is 4.74 Å². The van der Waals surface area contributed by atoms with Gasteiger partial charge in [0, 0.05) is 11.6 Å². The first-order valence-electron chi connectivity index (χ1n) is 11.5. The van der Waals surface area contributed by atoms with Crippen molar-refractivity contribution >= 4 is 6.01 Å². The first-order chi connectivity index (χ1) is 15.3. The molecule has 3 aliphatic rings. The molecule has 1 aromatic heterocycles. The summed E-state index contributed by atoms with van der Waals surface area (Å²) < 4.78 is 31.5. The molecule has 3 fully saturated rings. The number of piperidine rings is 1. The molecule has 174 valence electrons. The van der Waals surface area contributed by atoms with E-state index in [1.165, 1.54) is 6.07 Å². The highest BCUT2D eigenvalue weighted by Gasteiger charge is 2.52. The van der Waals surface area contributed by atoms with Crippen LogP contribution >= 0.6 is 0 Å². The summed E-state index contributed by atoms with van der Waals surface area (Å²) in [6, 6.07) is 5.79. The van der Waals surface area contributed by atoms with Crippen molar-refractivity contribution in [2.75, 3.05) is 44.3 Å². The summed E-state index contributed by atoms with van der Waals surface area (Å²) >= 11 is 0. The minimum atomic E-state index is -0.933. The van der Waals surface area contributed by atoms with Gasteiger partial charge in [-0.15, -0.1) is 0 Å². The topological polar surface area (TPSA) is 71.2 Å². The van der Waals surface area contributed by atoms with Crippen molar-refractivity contribution in [1.82, 2.24) is 9.88 Å². The summed E-state index contributed by atoms with van der Waals surface area (Å²) in [6.45, 7) is 7.91. The van der Waals surface area contributed by atoms with Crippen LogP contribution in [0.4, 0.5) is 10.4 Å². The van der Waals surface area contributed by atoms with Crippen LogP contribution in [0.3, 0.4) is 0 Å². The van der Waals surface area contributed by atoms with Gasteiger partial charge in [0.2, 0.25) is 0 Å². The first kappa shape index (κ1) is 21.7. The van der Waals surface area contributed by atoms with Crippen LogP contribution < -0.4 is 9.64 Å². The Kier molecular flexibility index (Phi) is 5.63. The molecule has 3 aliphatic heterocycles. The molecule has 0 bridgehead atoms. The molecule has 2 aromatic rings. The Labute approximate surface area is 188 Å². The molecule has 0 saturated carbocycles. The fourth-order valence-electron chi connectivity index (χ4n) is 5.23. The van der Waals surface area contributed by atoms with Crippen molar-refractivity contribution < 1.29 is 23.4 Å². The third kappa shape index (κ3) is 4.49. The Morgan fingerprint density at radius 3 is 2.75 bits per heavy atom. The fraction of sp³-hybridized carbons (Fsp3) is 0.625. The number of hydrogen-bond donors (Lipinski definition) is 1. The molecule has 1 atom stereocenters. The quantitative estimate of drug-likeness (QED) is 0.732. The number of oxazole rings is 1. The zero-order valence-corrected chi connectivity index (χ0v) is 18.8. The second-order valence-corrected chi connectivity index (χ2v) is 10.1. The molecule has 4 heterocycles. The van der Waals surface area contributed by atoms with Crippen molar-refractivity contribution in [1.29, 1.82) is 0 Å². The highest BCUT2D eigenvalue weighted by atomic mass is 19.1.